The maximum atomic E-state index is 13.2. The van der Waals surface area contributed by atoms with E-state index in [-0.39, 0.29) is 11.9 Å². The summed E-state index contributed by atoms with van der Waals surface area (Å²) in [6.07, 6.45) is 8.12. The first-order valence-electron chi connectivity index (χ1n) is 6.60. The lowest BCUT2D eigenvalue weighted by Crippen LogP contribution is -2.21. The third-order valence-electron chi connectivity index (χ3n) is 3.06. The summed E-state index contributed by atoms with van der Waals surface area (Å²) < 4.78 is 14.3. The van der Waals surface area contributed by atoms with Crippen LogP contribution in [0.1, 0.15) is 37.1 Å². The van der Waals surface area contributed by atoms with Gasteiger partial charge in [0.1, 0.15) is 5.82 Å². The minimum Gasteiger partial charge on any atom is -0.309 e. The van der Waals surface area contributed by atoms with Crippen molar-refractivity contribution in [3.63, 3.8) is 0 Å². The second-order valence-corrected chi connectivity index (χ2v) is 5.70. The zero-order valence-corrected chi connectivity index (χ0v) is 11.9. The number of halogens is 1. The molecule has 3 heteroatoms. The average molecular weight is 275 g/mol. The van der Waals surface area contributed by atoms with Crippen LogP contribution >= 0.6 is 11.3 Å². The van der Waals surface area contributed by atoms with Crippen molar-refractivity contribution in [3.05, 3.63) is 35.0 Å². The third kappa shape index (κ3) is 3.56. The summed E-state index contributed by atoms with van der Waals surface area (Å²) in [5.41, 5.74) is 0. The quantitative estimate of drug-likeness (QED) is 0.766. The van der Waals surface area contributed by atoms with Crippen LogP contribution in [0.15, 0.2) is 24.3 Å². The van der Waals surface area contributed by atoms with Crippen molar-refractivity contribution in [2.75, 3.05) is 6.54 Å². The molecule has 1 aromatic heterocycles. The molecular formula is C16H18FNS. The van der Waals surface area contributed by atoms with E-state index in [1.165, 1.54) is 10.9 Å². The zero-order valence-electron chi connectivity index (χ0n) is 11.1. The number of hydrogen-bond acceptors (Lipinski definition) is 2. The highest BCUT2D eigenvalue weighted by molar-refractivity contribution is 7.19. The van der Waals surface area contributed by atoms with E-state index in [0.29, 0.717) is 0 Å². The van der Waals surface area contributed by atoms with Gasteiger partial charge in [-0.1, -0.05) is 6.92 Å². The zero-order chi connectivity index (χ0) is 13.7. The first kappa shape index (κ1) is 14.0. The monoisotopic (exact) mass is 275 g/mol. The fourth-order valence-corrected chi connectivity index (χ4v) is 3.25. The lowest BCUT2D eigenvalue weighted by Gasteiger charge is -2.15. The van der Waals surface area contributed by atoms with Crippen molar-refractivity contribution < 1.29 is 4.39 Å². The van der Waals surface area contributed by atoms with Gasteiger partial charge in [-0.2, -0.15) is 0 Å². The number of hydrogen-bond donors (Lipinski definition) is 1. The van der Waals surface area contributed by atoms with Crippen molar-refractivity contribution >= 4 is 21.4 Å². The van der Waals surface area contributed by atoms with Gasteiger partial charge in [0, 0.05) is 22.0 Å². The molecule has 0 saturated carbocycles. The Bertz CT molecular complexity index is 582. The summed E-state index contributed by atoms with van der Waals surface area (Å²) in [5, 5.41) is 4.49. The van der Waals surface area contributed by atoms with Crippen LogP contribution in [0.2, 0.25) is 0 Å². The second-order valence-electron chi connectivity index (χ2n) is 4.58. The Kier molecular flexibility index (Phi) is 4.95. The topological polar surface area (TPSA) is 12.0 Å². The van der Waals surface area contributed by atoms with Gasteiger partial charge in [-0.05, 0) is 49.0 Å². The highest BCUT2D eigenvalue weighted by Gasteiger charge is 2.13. The molecule has 0 spiro atoms. The lowest BCUT2D eigenvalue weighted by molar-refractivity contribution is 0.513. The number of nitrogens with one attached hydrogen (secondary N) is 1. The molecular weight excluding hydrogens is 257 g/mol. The normalized spacial score (nSPS) is 12.5. The van der Waals surface area contributed by atoms with Gasteiger partial charge < -0.3 is 5.32 Å². The van der Waals surface area contributed by atoms with Crippen molar-refractivity contribution in [2.24, 2.45) is 0 Å². The van der Waals surface area contributed by atoms with Gasteiger partial charge in [0.2, 0.25) is 0 Å². The largest absolute Gasteiger partial charge is 0.309 e. The van der Waals surface area contributed by atoms with Crippen LogP contribution in [0.25, 0.3) is 10.1 Å². The molecule has 0 amide bonds. The fourth-order valence-electron chi connectivity index (χ4n) is 2.10. The Morgan fingerprint density at radius 2 is 2.26 bits per heavy atom. The molecule has 1 heterocycles. The van der Waals surface area contributed by atoms with Crippen LogP contribution < -0.4 is 5.32 Å². The summed E-state index contributed by atoms with van der Waals surface area (Å²) in [5.74, 6) is 2.51. The van der Waals surface area contributed by atoms with Gasteiger partial charge in [-0.15, -0.1) is 23.7 Å². The summed E-state index contributed by atoms with van der Waals surface area (Å²) in [6.45, 7) is 3.11. The van der Waals surface area contributed by atoms with E-state index in [4.69, 9.17) is 6.42 Å². The first-order valence-corrected chi connectivity index (χ1v) is 7.42. The molecule has 2 rings (SSSR count). The highest BCUT2D eigenvalue weighted by atomic mass is 32.1. The lowest BCUT2D eigenvalue weighted by atomic mass is 10.1. The van der Waals surface area contributed by atoms with E-state index >= 15 is 0 Å². The Balaban J connectivity index is 2.24. The van der Waals surface area contributed by atoms with E-state index in [1.54, 1.807) is 17.4 Å². The van der Waals surface area contributed by atoms with Gasteiger partial charge in [-0.3, -0.25) is 0 Å². The van der Waals surface area contributed by atoms with E-state index in [2.05, 4.69) is 24.2 Å². The summed E-state index contributed by atoms with van der Waals surface area (Å²) in [4.78, 5) is 1.24. The summed E-state index contributed by atoms with van der Waals surface area (Å²) >= 11 is 1.72. The molecule has 1 nitrogen and oxygen atoms in total. The van der Waals surface area contributed by atoms with E-state index in [1.807, 2.05) is 6.07 Å². The molecule has 1 unspecified atom stereocenters. The van der Waals surface area contributed by atoms with Crippen LogP contribution in [-0.2, 0) is 0 Å². The highest BCUT2D eigenvalue weighted by Crippen LogP contribution is 2.32. The van der Waals surface area contributed by atoms with E-state index in [9.17, 15) is 4.39 Å². The molecule has 2 aromatic rings. The summed E-state index contributed by atoms with van der Waals surface area (Å²) in [7, 11) is 0. The van der Waals surface area contributed by atoms with Crippen LogP contribution in [0, 0.1) is 18.2 Å². The van der Waals surface area contributed by atoms with Gasteiger partial charge in [0.25, 0.3) is 0 Å². The number of rotatable bonds is 6. The van der Waals surface area contributed by atoms with Gasteiger partial charge in [0.15, 0.2) is 0 Å². The standard InChI is InChI=1S/C16H18FNS/c1-3-5-6-14(18-9-4-2)16-11-12-10-13(17)7-8-15(12)19-16/h1,7-8,10-11,14,18H,4-6,9H2,2H3. The molecule has 0 saturated heterocycles. The Morgan fingerprint density at radius 1 is 1.42 bits per heavy atom. The maximum Gasteiger partial charge on any atom is 0.123 e. The Labute approximate surface area is 117 Å². The minimum atomic E-state index is -0.182. The molecule has 1 aromatic carbocycles. The minimum absolute atomic E-state index is 0.182. The van der Waals surface area contributed by atoms with Crippen LogP contribution in [0.5, 0.6) is 0 Å². The molecule has 1 N–H and O–H groups in total. The van der Waals surface area contributed by atoms with Crippen LogP contribution in [-0.4, -0.2) is 6.54 Å². The van der Waals surface area contributed by atoms with Crippen molar-refractivity contribution in [1.82, 2.24) is 5.32 Å². The second kappa shape index (κ2) is 6.70. The van der Waals surface area contributed by atoms with Gasteiger partial charge in [-0.25, -0.2) is 4.39 Å². The smallest absolute Gasteiger partial charge is 0.123 e. The molecule has 0 fully saturated rings. The van der Waals surface area contributed by atoms with Gasteiger partial charge >= 0.3 is 0 Å². The first-order chi connectivity index (χ1) is 9.24. The molecule has 0 radical (unpaired) electrons. The number of fused-ring (bicyclic) bond motifs is 1. The summed E-state index contributed by atoms with van der Waals surface area (Å²) in [6, 6.07) is 7.30. The molecule has 0 aliphatic carbocycles. The Morgan fingerprint density at radius 3 is 3.00 bits per heavy atom. The average Bonchev–Trinajstić information content (AvgIpc) is 2.81. The van der Waals surface area contributed by atoms with Crippen LogP contribution in [0.4, 0.5) is 4.39 Å². The van der Waals surface area contributed by atoms with E-state index in [0.717, 1.165) is 35.9 Å². The van der Waals surface area contributed by atoms with Crippen LogP contribution in [0.3, 0.4) is 0 Å². The fraction of sp³-hybridized carbons (Fsp3) is 0.375. The number of benzene rings is 1. The molecule has 0 bridgehead atoms. The molecule has 0 aliphatic heterocycles. The van der Waals surface area contributed by atoms with Gasteiger partial charge in [0.05, 0.1) is 0 Å². The van der Waals surface area contributed by atoms with Crippen molar-refractivity contribution in [3.8, 4) is 12.3 Å². The SMILES string of the molecule is C#CCCC(NCCC)c1cc2cc(F)ccc2s1. The maximum absolute atomic E-state index is 13.2. The molecule has 100 valence electrons. The van der Waals surface area contributed by atoms with Crippen molar-refractivity contribution in [1.29, 1.82) is 0 Å². The molecule has 19 heavy (non-hydrogen) atoms. The Hall–Kier alpha value is -1.37. The molecule has 0 aliphatic rings. The predicted molar refractivity (Wildman–Crippen MR) is 80.9 cm³/mol. The van der Waals surface area contributed by atoms with Crippen molar-refractivity contribution in [2.45, 2.75) is 32.2 Å². The number of thiophene rings is 1. The predicted octanol–water partition coefficient (Wildman–Crippen LogP) is 4.49. The van der Waals surface area contributed by atoms with E-state index < -0.39 is 0 Å². The number of terminal acetylenes is 1. The third-order valence-corrected chi connectivity index (χ3v) is 4.29. The molecule has 1 atom stereocenters.